The molecule has 2 aliphatic heterocycles. The van der Waals surface area contributed by atoms with Crippen molar-refractivity contribution < 1.29 is 55.1 Å². The number of methoxy groups -OCH3 is 1. The molecule has 0 radical (unpaired) electrons. The standard InChI is InChI=1S/C14H26O11/c1-23-14-10(20)6(7(17)4(2-15)25-14)9(19)13-12(22)11(21)8(18)5(3-16)24-13/h4-22H,2-3H2,1H3/t4?,5?,6?,7-,8-,9?,10?,11?,12?,13-,14+/m1/s1. The summed E-state index contributed by atoms with van der Waals surface area (Å²) in [6, 6.07) is 0. The van der Waals surface area contributed by atoms with E-state index in [1.165, 1.54) is 7.11 Å². The lowest BCUT2D eigenvalue weighted by atomic mass is 9.79. The van der Waals surface area contributed by atoms with Crippen molar-refractivity contribution in [2.45, 2.75) is 61.2 Å². The second-order valence-electron chi connectivity index (χ2n) is 6.30. The monoisotopic (exact) mass is 370 g/mol. The molecule has 0 saturated carbocycles. The SMILES string of the molecule is CO[C@H]1OC(CO)[C@@H](O)C(C(O)[C@H]2OC(CO)[C@@H](O)C(O)C2O)C1O. The maximum absolute atomic E-state index is 10.6. The van der Waals surface area contributed by atoms with Gasteiger partial charge < -0.3 is 55.1 Å². The quantitative estimate of drug-likeness (QED) is 0.231. The van der Waals surface area contributed by atoms with Crippen molar-refractivity contribution in [2.24, 2.45) is 5.92 Å². The van der Waals surface area contributed by atoms with Gasteiger partial charge in [-0.2, -0.15) is 0 Å². The third-order valence-electron chi connectivity index (χ3n) is 4.83. The van der Waals surface area contributed by atoms with Crippen LogP contribution in [0.4, 0.5) is 0 Å². The highest BCUT2D eigenvalue weighted by molar-refractivity contribution is 5.01. The Labute approximate surface area is 143 Å². The van der Waals surface area contributed by atoms with Gasteiger partial charge in [0.05, 0.1) is 25.4 Å². The minimum absolute atomic E-state index is 0.619. The van der Waals surface area contributed by atoms with Crippen molar-refractivity contribution in [1.29, 1.82) is 0 Å². The van der Waals surface area contributed by atoms with E-state index in [1.54, 1.807) is 0 Å². The van der Waals surface area contributed by atoms with Crippen LogP contribution in [0.5, 0.6) is 0 Å². The van der Waals surface area contributed by atoms with Crippen LogP contribution in [-0.2, 0) is 14.2 Å². The summed E-state index contributed by atoms with van der Waals surface area (Å²) in [5.74, 6) is -1.36. The number of aliphatic hydroxyl groups is 8. The van der Waals surface area contributed by atoms with Crippen LogP contribution >= 0.6 is 0 Å². The Kier molecular flexibility index (Phi) is 7.09. The number of hydrogen-bond acceptors (Lipinski definition) is 11. The van der Waals surface area contributed by atoms with E-state index in [0.29, 0.717) is 0 Å². The molecule has 7 unspecified atom stereocenters. The first-order valence-electron chi connectivity index (χ1n) is 7.92. The largest absolute Gasteiger partial charge is 0.394 e. The molecule has 0 aliphatic carbocycles. The Bertz CT molecular complexity index is 406. The zero-order chi connectivity index (χ0) is 18.9. The molecule has 11 atom stereocenters. The number of ether oxygens (including phenoxy) is 3. The van der Waals surface area contributed by atoms with Gasteiger partial charge in [0.15, 0.2) is 6.29 Å². The van der Waals surface area contributed by atoms with Gasteiger partial charge in [-0.3, -0.25) is 0 Å². The molecule has 148 valence electrons. The Hall–Kier alpha value is -0.440. The van der Waals surface area contributed by atoms with E-state index in [4.69, 9.17) is 14.2 Å². The molecule has 0 bridgehead atoms. The van der Waals surface area contributed by atoms with Crippen LogP contribution in [0.3, 0.4) is 0 Å². The summed E-state index contributed by atoms with van der Waals surface area (Å²) in [6.07, 6.45) is -15.1. The van der Waals surface area contributed by atoms with E-state index >= 15 is 0 Å². The molecule has 2 aliphatic rings. The number of aliphatic hydroxyl groups excluding tert-OH is 8. The van der Waals surface area contributed by atoms with Crippen LogP contribution in [0.2, 0.25) is 0 Å². The first kappa shape index (κ1) is 20.9. The van der Waals surface area contributed by atoms with E-state index in [2.05, 4.69) is 0 Å². The molecule has 2 fully saturated rings. The Balaban J connectivity index is 2.24. The van der Waals surface area contributed by atoms with E-state index in [-0.39, 0.29) is 0 Å². The van der Waals surface area contributed by atoms with Gasteiger partial charge in [0.1, 0.15) is 42.7 Å². The molecule has 11 nitrogen and oxygen atoms in total. The van der Waals surface area contributed by atoms with E-state index in [1.807, 2.05) is 0 Å². The summed E-state index contributed by atoms with van der Waals surface area (Å²) in [4.78, 5) is 0. The van der Waals surface area contributed by atoms with Gasteiger partial charge in [-0.25, -0.2) is 0 Å². The third kappa shape index (κ3) is 3.82. The fraction of sp³-hybridized carbons (Fsp3) is 1.00. The summed E-state index contributed by atoms with van der Waals surface area (Å²) >= 11 is 0. The molecule has 2 saturated heterocycles. The van der Waals surface area contributed by atoms with Crippen molar-refractivity contribution in [3.8, 4) is 0 Å². The molecule has 0 aromatic heterocycles. The van der Waals surface area contributed by atoms with Crippen LogP contribution in [0.25, 0.3) is 0 Å². The molecule has 2 heterocycles. The highest BCUT2D eigenvalue weighted by Gasteiger charge is 2.54. The highest BCUT2D eigenvalue weighted by Crippen LogP contribution is 2.34. The van der Waals surface area contributed by atoms with Gasteiger partial charge >= 0.3 is 0 Å². The van der Waals surface area contributed by atoms with Crippen molar-refractivity contribution >= 4 is 0 Å². The van der Waals surface area contributed by atoms with Crippen LogP contribution in [0.15, 0.2) is 0 Å². The molecular formula is C14H26O11. The van der Waals surface area contributed by atoms with Crippen LogP contribution in [0.1, 0.15) is 0 Å². The minimum Gasteiger partial charge on any atom is -0.394 e. The first-order chi connectivity index (χ1) is 11.8. The van der Waals surface area contributed by atoms with Gasteiger partial charge in [-0.05, 0) is 0 Å². The van der Waals surface area contributed by atoms with Crippen molar-refractivity contribution in [3.63, 3.8) is 0 Å². The van der Waals surface area contributed by atoms with Gasteiger partial charge in [0.25, 0.3) is 0 Å². The van der Waals surface area contributed by atoms with Crippen molar-refractivity contribution in [1.82, 2.24) is 0 Å². The number of rotatable bonds is 5. The molecule has 11 heteroatoms. The molecule has 2 rings (SSSR count). The van der Waals surface area contributed by atoms with Gasteiger partial charge in [-0.1, -0.05) is 0 Å². The van der Waals surface area contributed by atoms with E-state index in [0.717, 1.165) is 0 Å². The van der Waals surface area contributed by atoms with Crippen LogP contribution in [-0.4, -0.2) is 122 Å². The predicted octanol–water partition coefficient (Wildman–Crippen LogP) is -5.11. The average Bonchev–Trinajstić information content (AvgIpc) is 2.60. The Morgan fingerprint density at radius 2 is 1.36 bits per heavy atom. The van der Waals surface area contributed by atoms with E-state index < -0.39 is 80.4 Å². The lowest BCUT2D eigenvalue weighted by Gasteiger charge is -2.48. The predicted molar refractivity (Wildman–Crippen MR) is 78.0 cm³/mol. The molecule has 25 heavy (non-hydrogen) atoms. The molecular weight excluding hydrogens is 344 g/mol. The summed E-state index contributed by atoms with van der Waals surface area (Å²) in [7, 11) is 1.22. The Morgan fingerprint density at radius 3 is 1.88 bits per heavy atom. The molecule has 0 aromatic rings. The average molecular weight is 370 g/mol. The van der Waals surface area contributed by atoms with Crippen molar-refractivity contribution in [3.05, 3.63) is 0 Å². The fourth-order valence-corrected chi connectivity index (χ4v) is 3.35. The second-order valence-corrected chi connectivity index (χ2v) is 6.30. The second kappa shape index (κ2) is 8.50. The molecule has 0 aromatic carbocycles. The Morgan fingerprint density at radius 1 is 0.800 bits per heavy atom. The lowest BCUT2D eigenvalue weighted by Crippen LogP contribution is -2.67. The van der Waals surface area contributed by atoms with E-state index in [9.17, 15) is 40.9 Å². The van der Waals surface area contributed by atoms with Crippen LogP contribution < -0.4 is 0 Å². The summed E-state index contributed by atoms with van der Waals surface area (Å²) < 4.78 is 15.3. The smallest absolute Gasteiger partial charge is 0.184 e. The fourth-order valence-electron chi connectivity index (χ4n) is 3.35. The summed E-state index contributed by atoms with van der Waals surface area (Å²) in [5, 5.41) is 79.4. The molecule has 0 spiro atoms. The van der Waals surface area contributed by atoms with Gasteiger partial charge in [-0.15, -0.1) is 0 Å². The molecule has 8 N–H and O–H groups in total. The molecule has 0 amide bonds. The zero-order valence-corrected chi connectivity index (χ0v) is 13.6. The van der Waals surface area contributed by atoms with Gasteiger partial charge in [0, 0.05) is 13.0 Å². The maximum Gasteiger partial charge on any atom is 0.184 e. The minimum atomic E-state index is -1.75. The summed E-state index contributed by atoms with van der Waals surface area (Å²) in [6.45, 7) is -1.31. The maximum atomic E-state index is 10.6. The van der Waals surface area contributed by atoms with Crippen molar-refractivity contribution in [2.75, 3.05) is 20.3 Å². The summed E-state index contributed by atoms with van der Waals surface area (Å²) in [5.41, 5.74) is 0. The lowest BCUT2D eigenvalue weighted by molar-refractivity contribution is -0.312. The van der Waals surface area contributed by atoms with Gasteiger partial charge in [0.2, 0.25) is 0 Å². The highest BCUT2D eigenvalue weighted by atomic mass is 16.7. The topological polar surface area (TPSA) is 190 Å². The number of hydrogen-bond donors (Lipinski definition) is 8. The third-order valence-corrected chi connectivity index (χ3v) is 4.83. The zero-order valence-electron chi connectivity index (χ0n) is 13.6. The van der Waals surface area contributed by atoms with Crippen LogP contribution in [0, 0.1) is 5.92 Å². The first-order valence-corrected chi connectivity index (χ1v) is 7.92. The normalized spacial score (nSPS) is 49.8.